The van der Waals surface area contributed by atoms with E-state index in [2.05, 4.69) is 20.6 Å². The lowest BCUT2D eigenvalue weighted by molar-refractivity contribution is -0.129. The summed E-state index contributed by atoms with van der Waals surface area (Å²) in [5, 5.41) is 6.32. The van der Waals surface area contributed by atoms with Gasteiger partial charge in [0, 0.05) is 11.6 Å². The molecule has 3 amide bonds. The van der Waals surface area contributed by atoms with Crippen molar-refractivity contribution in [2.75, 3.05) is 17.7 Å². The number of benzene rings is 2. The number of nitrogens with zero attached hydrogens (tertiary/aromatic N) is 3. The molecule has 2 aromatic carbocycles. The number of amidine groups is 2. The lowest BCUT2D eigenvalue weighted by Gasteiger charge is -2.25. The van der Waals surface area contributed by atoms with E-state index in [0.29, 0.717) is 34.7 Å². The Hall–Kier alpha value is -3.66. The van der Waals surface area contributed by atoms with E-state index >= 15 is 0 Å². The number of fused-ring (bicyclic) bond motifs is 3. The van der Waals surface area contributed by atoms with Crippen molar-refractivity contribution in [3.05, 3.63) is 54.1 Å². The van der Waals surface area contributed by atoms with Gasteiger partial charge in [-0.3, -0.25) is 19.4 Å². The molecule has 1 atom stereocenters. The van der Waals surface area contributed by atoms with Gasteiger partial charge in [0.25, 0.3) is 5.91 Å². The average molecular weight is 534 g/mol. The molecule has 0 spiro atoms. The predicted molar refractivity (Wildman–Crippen MR) is 149 cm³/mol. The summed E-state index contributed by atoms with van der Waals surface area (Å²) in [6.45, 7) is 2.36. The standard InChI is InChI=1S/C28H31N5O4S/c1-2-37-23-15-9-8-14-21(23)30-25(35)17-38-28-32-20-13-7-6-12-19(20)26-31-22(27(36)33(26)28)16-24(34)29-18-10-4-3-5-11-18/h6-9,12-15,18,22H,2-5,10-11,16-17H2,1H3,(H,29,34)(H,30,35)/t22-/m0/s1. The smallest absolute Gasteiger partial charge is 0.259 e. The first-order chi connectivity index (χ1) is 18.5. The van der Waals surface area contributed by atoms with Gasteiger partial charge in [-0.15, -0.1) is 0 Å². The lowest BCUT2D eigenvalue weighted by Crippen LogP contribution is -2.43. The number of amides is 3. The van der Waals surface area contributed by atoms with Crippen molar-refractivity contribution in [1.82, 2.24) is 10.2 Å². The Kier molecular flexibility index (Phi) is 8.07. The fraction of sp³-hybridized carbons (Fsp3) is 0.393. The zero-order chi connectivity index (χ0) is 26.5. The van der Waals surface area contributed by atoms with Crippen molar-refractivity contribution in [1.29, 1.82) is 0 Å². The zero-order valence-electron chi connectivity index (χ0n) is 21.3. The number of ether oxygens (including phenoxy) is 1. The Morgan fingerprint density at radius 3 is 2.63 bits per heavy atom. The van der Waals surface area contributed by atoms with Crippen molar-refractivity contribution in [2.24, 2.45) is 9.98 Å². The Balaban J connectivity index is 1.29. The van der Waals surface area contributed by atoms with E-state index in [1.165, 1.54) is 11.3 Å². The summed E-state index contributed by atoms with van der Waals surface area (Å²) in [5.74, 6) is 0.382. The topological polar surface area (TPSA) is 112 Å². The van der Waals surface area contributed by atoms with E-state index < -0.39 is 6.04 Å². The van der Waals surface area contributed by atoms with Crippen molar-refractivity contribution in [2.45, 2.75) is 57.5 Å². The van der Waals surface area contributed by atoms with Crippen LogP contribution in [0.25, 0.3) is 0 Å². The minimum Gasteiger partial charge on any atom is -0.492 e. The molecular formula is C28H31N5O4S. The Bertz CT molecular complexity index is 1290. The van der Waals surface area contributed by atoms with E-state index in [4.69, 9.17) is 4.74 Å². The average Bonchev–Trinajstić information content (AvgIpc) is 3.25. The van der Waals surface area contributed by atoms with Crippen LogP contribution in [-0.4, -0.2) is 58.1 Å². The molecule has 2 aromatic rings. The van der Waals surface area contributed by atoms with Crippen LogP contribution < -0.4 is 15.4 Å². The molecule has 0 saturated heterocycles. The maximum Gasteiger partial charge on any atom is 0.259 e. The van der Waals surface area contributed by atoms with Gasteiger partial charge in [-0.25, -0.2) is 9.89 Å². The van der Waals surface area contributed by atoms with Crippen molar-refractivity contribution in [3.63, 3.8) is 0 Å². The van der Waals surface area contributed by atoms with Gasteiger partial charge in [-0.1, -0.05) is 55.3 Å². The van der Waals surface area contributed by atoms with Gasteiger partial charge in [-0.2, -0.15) is 0 Å². The molecular weight excluding hydrogens is 502 g/mol. The summed E-state index contributed by atoms with van der Waals surface area (Å²) in [6.07, 6.45) is 5.37. The molecule has 0 unspecified atom stereocenters. The monoisotopic (exact) mass is 533 g/mol. The maximum atomic E-state index is 13.5. The minimum absolute atomic E-state index is 0.00978. The van der Waals surface area contributed by atoms with Crippen LogP contribution in [0.2, 0.25) is 0 Å². The van der Waals surface area contributed by atoms with Gasteiger partial charge in [0.2, 0.25) is 11.8 Å². The molecule has 198 valence electrons. The van der Waals surface area contributed by atoms with Crippen LogP contribution in [0.5, 0.6) is 5.75 Å². The van der Waals surface area contributed by atoms with Crippen LogP contribution >= 0.6 is 11.8 Å². The number of carbonyl (C=O) groups is 3. The first kappa shape index (κ1) is 26.0. The maximum absolute atomic E-state index is 13.5. The van der Waals surface area contributed by atoms with Crippen LogP contribution in [-0.2, 0) is 14.4 Å². The largest absolute Gasteiger partial charge is 0.492 e. The van der Waals surface area contributed by atoms with Gasteiger partial charge in [-0.05, 0) is 44.0 Å². The fourth-order valence-corrected chi connectivity index (χ4v) is 5.71. The summed E-state index contributed by atoms with van der Waals surface area (Å²) >= 11 is 1.16. The predicted octanol–water partition coefficient (Wildman–Crippen LogP) is 4.25. The molecule has 0 radical (unpaired) electrons. The third-order valence-corrected chi connectivity index (χ3v) is 7.63. The highest BCUT2D eigenvalue weighted by atomic mass is 32.2. The van der Waals surface area contributed by atoms with Crippen LogP contribution in [0.4, 0.5) is 11.4 Å². The third kappa shape index (κ3) is 5.75. The minimum atomic E-state index is -0.822. The van der Waals surface area contributed by atoms with Gasteiger partial charge < -0.3 is 15.4 Å². The molecule has 1 aliphatic carbocycles. The van der Waals surface area contributed by atoms with Gasteiger partial charge >= 0.3 is 0 Å². The summed E-state index contributed by atoms with van der Waals surface area (Å²) in [5.41, 5.74) is 1.99. The molecule has 1 fully saturated rings. The third-order valence-electron chi connectivity index (χ3n) is 6.69. The van der Waals surface area contributed by atoms with E-state index in [1.807, 2.05) is 43.3 Å². The van der Waals surface area contributed by atoms with Gasteiger partial charge in [0.1, 0.15) is 17.6 Å². The number of nitrogens with one attached hydrogen (secondary N) is 2. The fourth-order valence-electron chi connectivity index (χ4n) is 4.91. The quantitative estimate of drug-likeness (QED) is 0.527. The highest BCUT2D eigenvalue weighted by molar-refractivity contribution is 8.14. The normalized spacial score (nSPS) is 18.7. The number of hydrogen-bond acceptors (Lipinski definition) is 7. The second-order valence-corrected chi connectivity index (χ2v) is 10.4. The summed E-state index contributed by atoms with van der Waals surface area (Å²) in [4.78, 5) is 49.8. The number of thioether (sulfide) groups is 1. The van der Waals surface area contributed by atoms with Crippen LogP contribution in [0.1, 0.15) is 51.0 Å². The first-order valence-electron chi connectivity index (χ1n) is 13.1. The number of anilines is 1. The van der Waals surface area contributed by atoms with Crippen molar-refractivity contribution < 1.29 is 19.1 Å². The Morgan fingerprint density at radius 1 is 1.05 bits per heavy atom. The first-order valence-corrected chi connectivity index (χ1v) is 14.1. The van der Waals surface area contributed by atoms with Crippen LogP contribution in [0.15, 0.2) is 58.5 Å². The van der Waals surface area contributed by atoms with Crippen molar-refractivity contribution >= 4 is 51.9 Å². The second-order valence-electron chi connectivity index (χ2n) is 9.43. The zero-order valence-corrected chi connectivity index (χ0v) is 22.1. The van der Waals surface area contributed by atoms with Crippen LogP contribution in [0.3, 0.4) is 0 Å². The molecule has 5 rings (SSSR count). The second kappa shape index (κ2) is 11.8. The number of carbonyl (C=O) groups excluding carboxylic acids is 3. The summed E-state index contributed by atoms with van der Waals surface area (Å²) < 4.78 is 5.59. The van der Waals surface area contributed by atoms with Gasteiger partial charge in [0.15, 0.2) is 5.17 Å². The molecule has 3 aliphatic rings. The molecule has 10 heteroatoms. The van der Waals surface area contributed by atoms with E-state index in [-0.39, 0.29) is 35.9 Å². The Morgan fingerprint density at radius 2 is 1.82 bits per heavy atom. The SMILES string of the molecule is CCOc1ccccc1NC(=O)CSC1=Nc2ccccc2C2=N[C@@H](CC(=O)NC3CCCCC3)C(=O)N12. The van der Waals surface area contributed by atoms with Crippen LogP contribution in [0, 0.1) is 0 Å². The summed E-state index contributed by atoms with van der Waals surface area (Å²) in [7, 11) is 0. The van der Waals surface area contributed by atoms with E-state index in [1.54, 1.807) is 12.1 Å². The molecule has 2 heterocycles. The molecule has 0 bridgehead atoms. The number of hydrogen-bond donors (Lipinski definition) is 2. The van der Waals surface area contributed by atoms with E-state index in [0.717, 1.165) is 43.0 Å². The molecule has 0 aromatic heterocycles. The Labute approximate surface area is 226 Å². The molecule has 9 nitrogen and oxygen atoms in total. The molecule has 2 N–H and O–H groups in total. The number of aliphatic imine (C=N–C) groups is 2. The molecule has 38 heavy (non-hydrogen) atoms. The molecule has 1 saturated carbocycles. The highest BCUT2D eigenvalue weighted by Gasteiger charge is 2.42. The van der Waals surface area contributed by atoms with Gasteiger partial charge in [0.05, 0.1) is 30.2 Å². The lowest BCUT2D eigenvalue weighted by atomic mass is 9.95. The summed E-state index contributed by atoms with van der Waals surface area (Å²) in [6, 6.07) is 14.0. The number of rotatable bonds is 8. The van der Waals surface area contributed by atoms with Crippen molar-refractivity contribution in [3.8, 4) is 5.75 Å². The highest BCUT2D eigenvalue weighted by Crippen LogP contribution is 2.34. The number of para-hydroxylation sites is 3. The van der Waals surface area contributed by atoms with E-state index in [9.17, 15) is 14.4 Å². The molecule has 2 aliphatic heterocycles.